The van der Waals surface area contributed by atoms with Crippen molar-refractivity contribution in [3.8, 4) is 0 Å². The van der Waals surface area contributed by atoms with Crippen LogP contribution in [0.5, 0.6) is 0 Å². The van der Waals surface area contributed by atoms with Gasteiger partial charge in [0.05, 0.1) is 0 Å². The molecule has 1 rings (SSSR count). The van der Waals surface area contributed by atoms with Gasteiger partial charge in [-0.05, 0) is 25.3 Å². The van der Waals surface area contributed by atoms with Crippen LogP contribution < -0.4 is 0 Å². The molecule has 3 unspecified atom stereocenters. The van der Waals surface area contributed by atoms with Crippen molar-refractivity contribution >= 4 is 11.1 Å². The molecule has 4 heteroatoms. The second kappa shape index (κ2) is 5.08. The normalized spacial score (nSPS) is 29.9. The lowest BCUT2D eigenvalue weighted by Crippen LogP contribution is -2.39. The molecule has 13 heavy (non-hydrogen) atoms. The van der Waals surface area contributed by atoms with E-state index in [-0.39, 0.29) is 5.25 Å². The predicted molar refractivity (Wildman–Crippen MR) is 53.2 cm³/mol. The minimum atomic E-state index is -1.91. The van der Waals surface area contributed by atoms with Crippen LogP contribution >= 0.6 is 0 Å². The van der Waals surface area contributed by atoms with E-state index >= 15 is 0 Å². The van der Waals surface area contributed by atoms with Gasteiger partial charge in [-0.3, -0.25) is 4.21 Å². The van der Waals surface area contributed by atoms with E-state index in [0.717, 1.165) is 19.0 Å². The van der Waals surface area contributed by atoms with E-state index in [1.54, 1.807) is 6.92 Å². The summed E-state index contributed by atoms with van der Waals surface area (Å²) >= 11 is -1.91. The van der Waals surface area contributed by atoms with Crippen LogP contribution in [-0.4, -0.2) is 38.5 Å². The van der Waals surface area contributed by atoms with Crippen LogP contribution in [0.1, 0.15) is 26.7 Å². The molecule has 3 nitrogen and oxygen atoms in total. The van der Waals surface area contributed by atoms with E-state index in [9.17, 15) is 8.76 Å². The van der Waals surface area contributed by atoms with Gasteiger partial charge < -0.3 is 9.45 Å². The highest BCUT2D eigenvalue weighted by Gasteiger charge is 2.17. The Balaban J connectivity index is 2.31. The number of nitrogens with zero attached hydrogens (tertiary/aromatic N) is 1. The third-order valence-electron chi connectivity index (χ3n) is 2.58. The molecular formula is C9H18NO2S-. The topological polar surface area (TPSA) is 43.4 Å². The fraction of sp³-hybridized carbons (Fsp3) is 1.00. The smallest absolute Gasteiger partial charge is 0.0314 e. The summed E-state index contributed by atoms with van der Waals surface area (Å²) in [5.41, 5.74) is 0. The first kappa shape index (κ1) is 11.1. The first-order valence-electron chi connectivity index (χ1n) is 4.90. The molecule has 1 fully saturated rings. The van der Waals surface area contributed by atoms with Crippen molar-refractivity contribution in [1.29, 1.82) is 0 Å². The fourth-order valence-electron chi connectivity index (χ4n) is 1.88. The van der Waals surface area contributed by atoms with Crippen LogP contribution in [-0.2, 0) is 11.1 Å². The average Bonchev–Trinajstić information content (AvgIpc) is 2.04. The lowest BCUT2D eigenvalue weighted by molar-refractivity contribution is 0.184. The standard InChI is InChI=1S/C9H19NO2S/c1-8-4-3-5-10(6-8)7-9(2)13(11)12/h8-9H,3-7H2,1-2H3,(H,11,12)/p-1. The summed E-state index contributed by atoms with van der Waals surface area (Å²) in [6.45, 7) is 6.81. The van der Waals surface area contributed by atoms with Crippen LogP contribution in [0.2, 0.25) is 0 Å². The van der Waals surface area contributed by atoms with Crippen molar-refractivity contribution in [2.45, 2.75) is 31.9 Å². The number of likely N-dealkylation sites (tertiary alicyclic amines) is 1. The van der Waals surface area contributed by atoms with Crippen LogP contribution in [0, 0.1) is 5.92 Å². The van der Waals surface area contributed by atoms with Crippen molar-refractivity contribution in [2.24, 2.45) is 5.92 Å². The molecule has 1 aliphatic rings. The maximum atomic E-state index is 10.6. The highest BCUT2D eigenvalue weighted by Crippen LogP contribution is 2.15. The van der Waals surface area contributed by atoms with Gasteiger partial charge in [-0.15, -0.1) is 0 Å². The highest BCUT2D eigenvalue weighted by atomic mass is 32.2. The van der Waals surface area contributed by atoms with Crippen LogP contribution in [0.25, 0.3) is 0 Å². The van der Waals surface area contributed by atoms with E-state index in [2.05, 4.69) is 11.8 Å². The van der Waals surface area contributed by atoms with E-state index in [0.29, 0.717) is 6.54 Å². The molecule has 0 amide bonds. The molecule has 0 aromatic rings. The zero-order valence-corrected chi connectivity index (χ0v) is 9.18. The molecule has 78 valence electrons. The number of hydrogen-bond donors (Lipinski definition) is 0. The van der Waals surface area contributed by atoms with E-state index in [1.807, 2.05) is 0 Å². The molecule has 1 saturated heterocycles. The Morgan fingerprint density at radius 1 is 1.69 bits per heavy atom. The summed E-state index contributed by atoms with van der Waals surface area (Å²) in [4.78, 5) is 2.26. The third kappa shape index (κ3) is 3.75. The molecule has 0 spiro atoms. The number of hydrogen-bond acceptors (Lipinski definition) is 3. The number of piperidine rings is 1. The summed E-state index contributed by atoms with van der Waals surface area (Å²) in [5.74, 6) is 0.723. The van der Waals surface area contributed by atoms with Gasteiger partial charge in [0, 0.05) is 18.3 Å². The maximum Gasteiger partial charge on any atom is 0.0314 e. The summed E-state index contributed by atoms with van der Waals surface area (Å²) in [6.07, 6.45) is 2.49. The maximum absolute atomic E-state index is 10.6. The SMILES string of the molecule is CC1CCCN(CC(C)S(=O)[O-])C1. The van der Waals surface area contributed by atoms with Gasteiger partial charge in [0.1, 0.15) is 0 Å². The lowest BCUT2D eigenvalue weighted by atomic mass is 10.0. The third-order valence-corrected chi connectivity index (χ3v) is 3.39. The van der Waals surface area contributed by atoms with Gasteiger partial charge >= 0.3 is 0 Å². The van der Waals surface area contributed by atoms with E-state index in [1.165, 1.54) is 12.8 Å². The molecule has 1 heterocycles. The zero-order valence-electron chi connectivity index (χ0n) is 8.36. The summed E-state index contributed by atoms with van der Waals surface area (Å²) in [7, 11) is 0. The average molecular weight is 204 g/mol. The molecule has 1 aliphatic heterocycles. The monoisotopic (exact) mass is 204 g/mol. The van der Waals surface area contributed by atoms with E-state index < -0.39 is 11.1 Å². The number of rotatable bonds is 3. The first-order valence-corrected chi connectivity index (χ1v) is 6.04. The minimum absolute atomic E-state index is 0.231. The van der Waals surface area contributed by atoms with Gasteiger partial charge in [0.2, 0.25) is 0 Å². The first-order chi connectivity index (χ1) is 6.09. The lowest BCUT2D eigenvalue weighted by Gasteiger charge is -2.33. The quantitative estimate of drug-likeness (QED) is 0.644. The molecule has 0 aromatic heterocycles. The Kier molecular flexibility index (Phi) is 4.35. The second-order valence-electron chi connectivity index (χ2n) is 4.08. The van der Waals surface area contributed by atoms with Gasteiger partial charge in [-0.2, -0.15) is 0 Å². The molecule has 0 saturated carbocycles. The highest BCUT2D eigenvalue weighted by molar-refractivity contribution is 7.79. The molecule has 0 radical (unpaired) electrons. The van der Waals surface area contributed by atoms with Gasteiger partial charge in [-0.1, -0.05) is 24.9 Å². The predicted octanol–water partition coefficient (Wildman–Crippen LogP) is 0.986. The molecule has 3 atom stereocenters. The van der Waals surface area contributed by atoms with E-state index in [4.69, 9.17) is 0 Å². The van der Waals surface area contributed by atoms with Gasteiger partial charge in [-0.25, -0.2) is 0 Å². The Bertz CT molecular complexity index is 186. The minimum Gasteiger partial charge on any atom is -0.772 e. The molecule has 0 N–H and O–H groups in total. The van der Waals surface area contributed by atoms with Crippen molar-refractivity contribution in [1.82, 2.24) is 4.90 Å². The van der Waals surface area contributed by atoms with Crippen LogP contribution in [0.15, 0.2) is 0 Å². The molecule has 0 aliphatic carbocycles. The van der Waals surface area contributed by atoms with Crippen molar-refractivity contribution in [3.05, 3.63) is 0 Å². The van der Waals surface area contributed by atoms with Crippen molar-refractivity contribution in [3.63, 3.8) is 0 Å². The Morgan fingerprint density at radius 3 is 2.92 bits per heavy atom. The fourth-order valence-corrected chi connectivity index (χ4v) is 2.21. The largest absolute Gasteiger partial charge is 0.772 e. The molecule has 0 bridgehead atoms. The van der Waals surface area contributed by atoms with Crippen molar-refractivity contribution < 1.29 is 8.76 Å². The second-order valence-corrected chi connectivity index (χ2v) is 5.40. The molecule has 0 aromatic carbocycles. The molecular weight excluding hydrogens is 186 g/mol. The van der Waals surface area contributed by atoms with Crippen LogP contribution in [0.4, 0.5) is 0 Å². The summed E-state index contributed by atoms with van der Waals surface area (Å²) in [6, 6.07) is 0. The van der Waals surface area contributed by atoms with Gasteiger partial charge in [0.15, 0.2) is 0 Å². The Labute approximate surface area is 82.8 Å². The summed E-state index contributed by atoms with van der Waals surface area (Å²) in [5, 5.41) is -0.231. The van der Waals surface area contributed by atoms with Crippen LogP contribution in [0.3, 0.4) is 0 Å². The summed E-state index contributed by atoms with van der Waals surface area (Å²) < 4.78 is 21.3. The van der Waals surface area contributed by atoms with Gasteiger partial charge in [0.25, 0.3) is 0 Å². The van der Waals surface area contributed by atoms with Crippen molar-refractivity contribution in [2.75, 3.05) is 19.6 Å². The Morgan fingerprint density at radius 2 is 2.38 bits per heavy atom. The Hall–Kier alpha value is 0.0700. The zero-order chi connectivity index (χ0) is 9.84.